The molecule has 1 saturated heterocycles. The Balaban J connectivity index is 1.64. The van der Waals surface area contributed by atoms with Crippen molar-refractivity contribution < 1.29 is 18.7 Å². The highest BCUT2D eigenvalue weighted by molar-refractivity contribution is 5.80. The second kappa shape index (κ2) is 8.86. The summed E-state index contributed by atoms with van der Waals surface area (Å²) in [6, 6.07) is 13.8. The van der Waals surface area contributed by atoms with Crippen LogP contribution in [0.4, 0.5) is 10.1 Å². The van der Waals surface area contributed by atoms with Crippen LogP contribution in [0.2, 0.25) is 0 Å². The van der Waals surface area contributed by atoms with Gasteiger partial charge in [-0.3, -0.25) is 4.79 Å². The molecule has 144 valence electrons. The van der Waals surface area contributed by atoms with E-state index in [9.17, 15) is 9.18 Å². The third-order valence-corrected chi connectivity index (χ3v) is 4.60. The number of amides is 1. The van der Waals surface area contributed by atoms with Gasteiger partial charge in [0.15, 0.2) is 6.10 Å². The highest BCUT2D eigenvalue weighted by Crippen LogP contribution is 2.23. The van der Waals surface area contributed by atoms with Crippen LogP contribution in [-0.2, 0) is 16.1 Å². The molecule has 1 aliphatic heterocycles. The lowest BCUT2D eigenvalue weighted by atomic mass is 10.1. The highest BCUT2D eigenvalue weighted by atomic mass is 19.1. The summed E-state index contributed by atoms with van der Waals surface area (Å²) in [6.07, 6.45) is -0.656. The molecule has 0 aromatic heterocycles. The molecule has 0 saturated carbocycles. The van der Waals surface area contributed by atoms with Crippen molar-refractivity contribution in [3.05, 3.63) is 59.9 Å². The van der Waals surface area contributed by atoms with Gasteiger partial charge in [0.1, 0.15) is 11.6 Å². The van der Waals surface area contributed by atoms with E-state index in [1.54, 1.807) is 18.9 Å². The first kappa shape index (κ1) is 19.2. The van der Waals surface area contributed by atoms with E-state index in [-0.39, 0.29) is 11.7 Å². The molecule has 0 aliphatic carbocycles. The summed E-state index contributed by atoms with van der Waals surface area (Å²) < 4.78 is 24.1. The number of anilines is 1. The maximum atomic E-state index is 13.0. The topological polar surface area (TPSA) is 42.0 Å². The van der Waals surface area contributed by atoms with Crippen molar-refractivity contribution in [2.75, 3.05) is 38.3 Å². The van der Waals surface area contributed by atoms with Gasteiger partial charge in [0.05, 0.1) is 13.2 Å². The molecule has 1 amide bonds. The monoisotopic (exact) mass is 372 g/mol. The normalized spacial score (nSPS) is 15.3. The van der Waals surface area contributed by atoms with Crippen molar-refractivity contribution >= 4 is 11.6 Å². The Hall–Kier alpha value is -2.60. The summed E-state index contributed by atoms with van der Waals surface area (Å²) in [6.45, 7) is 5.31. The molecule has 0 unspecified atom stereocenters. The molecular weight excluding hydrogens is 347 g/mol. The maximum absolute atomic E-state index is 13.0. The quantitative estimate of drug-likeness (QED) is 0.782. The van der Waals surface area contributed by atoms with E-state index in [2.05, 4.69) is 11.0 Å². The predicted molar refractivity (Wildman–Crippen MR) is 102 cm³/mol. The minimum Gasteiger partial charge on any atom is -0.481 e. The zero-order valence-corrected chi connectivity index (χ0v) is 15.7. The molecule has 3 rings (SSSR count). The van der Waals surface area contributed by atoms with Gasteiger partial charge in [-0.05, 0) is 42.8 Å². The fourth-order valence-electron chi connectivity index (χ4n) is 3.17. The van der Waals surface area contributed by atoms with Crippen LogP contribution in [0.1, 0.15) is 12.5 Å². The van der Waals surface area contributed by atoms with E-state index >= 15 is 0 Å². The van der Waals surface area contributed by atoms with Crippen molar-refractivity contribution in [3.8, 4) is 5.75 Å². The number of ether oxygens (including phenoxy) is 2. The minimum atomic E-state index is -0.656. The van der Waals surface area contributed by atoms with Gasteiger partial charge in [0.25, 0.3) is 5.91 Å². The Morgan fingerprint density at radius 2 is 1.85 bits per heavy atom. The number of nitrogens with zero attached hydrogens (tertiary/aromatic N) is 2. The Labute approximate surface area is 159 Å². The Bertz CT molecular complexity index is 760. The molecule has 0 spiro atoms. The average molecular weight is 372 g/mol. The summed E-state index contributed by atoms with van der Waals surface area (Å²) >= 11 is 0. The summed E-state index contributed by atoms with van der Waals surface area (Å²) in [5.74, 6) is 0.00800. The van der Waals surface area contributed by atoms with E-state index in [4.69, 9.17) is 9.47 Å². The molecule has 1 aliphatic rings. The van der Waals surface area contributed by atoms with Gasteiger partial charge in [0, 0.05) is 32.4 Å². The number of hydrogen-bond acceptors (Lipinski definition) is 4. The molecular formula is C21H25FN2O3. The SMILES string of the molecule is C[C@@H](Oc1ccc(F)cc1)C(=O)N(C)Cc1ccccc1N1CCOCC1. The van der Waals surface area contributed by atoms with E-state index in [1.165, 1.54) is 24.3 Å². The Morgan fingerprint density at radius 1 is 1.19 bits per heavy atom. The average Bonchev–Trinajstić information content (AvgIpc) is 2.70. The first-order valence-electron chi connectivity index (χ1n) is 9.12. The van der Waals surface area contributed by atoms with E-state index < -0.39 is 6.10 Å². The van der Waals surface area contributed by atoms with Crippen LogP contribution in [-0.4, -0.2) is 50.3 Å². The molecule has 0 bridgehead atoms. The number of halogens is 1. The minimum absolute atomic E-state index is 0.129. The van der Waals surface area contributed by atoms with Crippen LogP contribution in [0.5, 0.6) is 5.75 Å². The van der Waals surface area contributed by atoms with Crippen molar-refractivity contribution in [2.24, 2.45) is 0 Å². The van der Waals surface area contributed by atoms with Crippen LogP contribution in [0.25, 0.3) is 0 Å². The summed E-state index contributed by atoms with van der Waals surface area (Å²) in [5, 5.41) is 0. The molecule has 2 aromatic rings. The van der Waals surface area contributed by atoms with Crippen LogP contribution < -0.4 is 9.64 Å². The van der Waals surface area contributed by atoms with Crippen LogP contribution in [0.3, 0.4) is 0 Å². The molecule has 6 heteroatoms. The number of rotatable bonds is 6. The molecule has 2 aromatic carbocycles. The fraction of sp³-hybridized carbons (Fsp3) is 0.381. The zero-order valence-electron chi connectivity index (χ0n) is 15.7. The largest absolute Gasteiger partial charge is 0.481 e. The Kier molecular flexibility index (Phi) is 6.29. The number of hydrogen-bond donors (Lipinski definition) is 0. The number of carbonyl (C=O) groups excluding carboxylic acids is 1. The van der Waals surface area contributed by atoms with Crippen molar-refractivity contribution in [1.82, 2.24) is 4.90 Å². The zero-order chi connectivity index (χ0) is 19.2. The predicted octanol–water partition coefficient (Wildman–Crippen LogP) is 3.09. The summed E-state index contributed by atoms with van der Waals surface area (Å²) in [4.78, 5) is 16.6. The first-order valence-corrected chi connectivity index (χ1v) is 9.12. The number of morpholine rings is 1. The van der Waals surface area contributed by atoms with Gasteiger partial charge in [-0.1, -0.05) is 18.2 Å². The number of likely N-dealkylation sites (N-methyl/N-ethyl adjacent to an activating group) is 1. The van der Waals surface area contributed by atoms with E-state index in [0.29, 0.717) is 25.5 Å². The van der Waals surface area contributed by atoms with E-state index in [0.717, 1.165) is 24.3 Å². The second-order valence-corrected chi connectivity index (χ2v) is 6.64. The third kappa shape index (κ3) is 4.98. The standard InChI is InChI=1S/C21H25FN2O3/c1-16(27-19-9-7-18(22)8-10-19)21(25)23(2)15-17-5-3-4-6-20(17)24-11-13-26-14-12-24/h3-10,16H,11-15H2,1-2H3/t16-/m1/s1. The van der Waals surface area contributed by atoms with Gasteiger partial charge >= 0.3 is 0 Å². The lowest BCUT2D eigenvalue weighted by molar-refractivity contribution is -0.137. The Morgan fingerprint density at radius 3 is 2.56 bits per heavy atom. The fourth-order valence-corrected chi connectivity index (χ4v) is 3.17. The lowest BCUT2D eigenvalue weighted by Gasteiger charge is -2.31. The van der Waals surface area contributed by atoms with Crippen molar-refractivity contribution in [3.63, 3.8) is 0 Å². The van der Waals surface area contributed by atoms with Gasteiger partial charge in [-0.15, -0.1) is 0 Å². The van der Waals surface area contributed by atoms with E-state index in [1.807, 2.05) is 18.2 Å². The highest BCUT2D eigenvalue weighted by Gasteiger charge is 2.21. The number of carbonyl (C=O) groups is 1. The van der Waals surface area contributed by atoms with Crippen LogP contribution >= 0.6 is 0 Å². The van der Waals surface area contributed by atoms with Gasteiger partial charge in [-0.25, -0.2) is 4.39 Å². The lowest BCUT2D eigenvalue weighted by Crippen LogP contribution is -2.39. The molecule has 1 atom stereocenters. The van der Waals surface area contributed by atoms with Gasteiger partial charge in [0.2, 0.25) is 0 Å². The third-order valence-electron chi connectivity index (χ3n) is 4.60. The molecule has 27 heavy (non-hydrogen) atoms. The molecule has 1 heterocycles. The van der Waals surface area contributed by atoms with Gasteiger partial charge in [-0.2, -0.15) is 0 Å². The molecule has 0 N–H and O–H groups in total. The number of para-hydroxylation sites is 1. The van der Waals surface area contributed by atoms with Gasteiger partial charge < -0.3 is 19.3 Å². The maximum Gasteiger partial charge on any atom is 0.263 e. The smallest absolute Gasteiger partial charge is 0.263 e. The van der Waals surface area contributed by atoms with Crippen LogP contribution in [0.15, 0.2) is 48.5 Å². The van der Waals surface area contributed by atoms with Crippen molar-refractivity contribution in [1.29, 1.82) is 0 Å². The summed E-state index contributed by atoms with van der Waals surface area (Å²) in [7, 11) is 1.77. The second-order valence-electron chi connectivity index (χ2n) is 6.64. The summed E-state index contributed by atoms with van der Waals surface area (Å²) in [5.41, 5.74) is 2.22. The number of benzene rings is 2. The molecule has 1 fully saturated rings. The molecule has 0 radical (unpaired) electrons. The van der Waals surface area contributed by atoms with Crippen molar-refractivity contribution in [2.45, 2.75) is 19.6 Å². The van der Waals surface area contributed by atoms with Crippen LogP contribution in [0, 0.1) is 5.82 Å². The molecule has 5 nitrogen and oxygen atoms in total. The first-order chi connectivity index (χ1) is 13.0.